The highest BCUT2D eigenvalue weighted by Gasteiger charge is 2.35. The lowest BCUT2D eigenvalue weighted by Crippen LogP contribution is -2.58. The molecule has 20 heavy (non-hydrogen) atoms. The van der Waals surface area contributed by atoms with E-state index in [4.69, 9.17) is 4.74 Å². The molecule has 0 aliphatic carbocycles. The highest BCUT2D eigenvalue weighted by Crippen LogP contribution is 2.22. The van der Waals surface area contributed by atoms with Crippen molar-refractivity contribution in [3.05, 3.63) is 0 Å². The Kier molecular flexibility index (Phi) is 5.53. The van der Waals surface area contributed by atoms with Crippen LogP contribution >= 0.6 is 0 Å². The van der Waals surface area contributed by atoms with E-state index in [-0.39, 0.29) is 29.7 Å². The van der Waals surface area contributed by atoms with E-state index in [1.54, 1.807) is 0 Å². The molecule has 0 aromatic carbocycles. The van der Waals surface area contributed by atoms with Crippen LogP contribution in [0.4, 0.5) is 4.79 Å². The Morgan fingerprint density at radius 3 is 2.40 bits per heavy atom. The average Bonchev–Trinajstić information content (AvgIpc) is 2.23. The van der Waals surface area contributed by atoms with Crippen LogP contribution in [-0.4, -0.2) is 53.7 Å². The highest BCUT2D eigenvalue weighted by atomic mass is 16.5. The van der Waals surface area contributed by atoms with E-state index in [2.05, 4.69) is 10.6 Å². The first-order chi connectivity index (χ1) is 9.10. The van der Waals surface area contributed by atoms with Gasteiger partial charge in [0.2, 0.25) is 5.91 Å². The third-order valence-electron chi connectivity index (χ3n) is 3.18. The molecule has 1 rings (SSSR count). The molecule has 2 unspecified atom stereocenters. The molecule has 116 valence electrons. The molecule has 6 nitrogen and oxygen atoms in total. The molecule has 0 spiro atoms. The molecule has 1 aliphatic heterocycles. The van der Waals surface area contributed by atoms with Gasteiger partial charge in [-0.05, 0) is 41.5 Å². The number of carbonyl (C=O) groups is 2. The summed E-state index contributed by atoms with van der Waals surface area (Å²) >= 11 is 0. The summed E-state index contributed by atoms with van der Waals surface area (Å²) in [5.41, 5.74) is -0.285. The Labute approximate surface area is 121 Å². The van der Waals surface area contributed by atoms with Gasteiger partial charge in [0, 0.05) is 19.1 Å². The van der Waals surface area contributed by atoms with Crippen molar-refractivity contribution in [2.45, 2.75) is 65.3 Å². The third kappa shape index (κ3) is 5.09. The molecule has 0 bridgehead atoms. The van der Waals surface area contributed by atoms with E-state index < -0.39 is 6.03 Å². The van der Waals surface area contributed by atoms with Crippen molar-refractivity contribution >= 4 is 11.9 Å². The predicted molar refractivity (Wildman–Crippen MR) is 77.5 cm³/mol. The van der Waals surface area contributed by atoms with Crippen LogP contribution in [0.1, 0.15) is 41.5 Å². The fourth-order valence-corrected chi connectivity index (χ4v) is 2.48. The summed E-state index contributed by atoms with van der Waals surface area (Å²) in [6.07, 6.45) is 0.0680. The fourth-order valence-electron chi connectivity index (χ4n) is 2.48. The van der Waals surface area contributed by atoms with E-state index in [0.29, 0.717) is 13.1 Å². The number of morpholine rings is 1. The molecule has 0 aromatic heterocycles. The summed E-state index contributed by atoms with van der Waals surface area (Å²) < 4.78 is 5.81. The standard InChI is InChI=1S/C14H27N3O3/c1-9(2)15-13(19)16-12(18)11(4)17-7-10(3)20-14(5,6)8-17/h9-11H,7-8H2,1-6H3,(H2,15,16,18,19). The summed E-state index contributed by atoms with van der Waals surface area (Å²) in [5, 5.41) is 5.02. The van der Waals surface area contributed by atoms with Gasteiger partial charge < -0.3 is 10.1 Å². The monoisotopic (exact) mass is 285 g/mol. The second-order valence-corrected chi connectivity index (χ2v) is 6.41. The van der Waals surface area contributed by atoms with Crippen molar-refractivity contribution in [2.24, 2.45) is 0 Å². The van der Waals surface area contributed by atoms with Crippen molar-refractivity contribution in [3.63, 3.8) is 0 Å². The topological polar surface area (TPSA) is 70.7 Å². The Morgan fingerprint density at radius 2 is 1.90 bits per heavy atom. The van der Waals surface area contributed by atoms with E-state index in [9.17, 15) is 9.59 Å². The first kappa shape index (κ1) is 16.9. The number of ether oxygens (including phenoxy) is 1. The molecule has 2 N–H and O–H groups in total. The predicted octanol–water partition coefficient (Wildman–Crippen LogP) is 1.11. The summed E-state index contributed by atoms with van der Waals surface area (Å²) in [7, 11) is 0. The maximum absolute atomic E-state index is 12.1. The van der Waals surface area contributed by atoms with Gasteiger partial charge in [0.05, 0.1) is 17.7 Å². The highest BCUT2D eigenvalue weighted by molar-refractivity contribution is 5.96. The minimum atomic E-state index is -0.447. The van der Waals surface area contributed by atoms with E-state index in [1.807, 2.05) is 46.4 Å². The van der Waals surface area contributed by atoms with E-state index in [0.717, 1.165) is 0 Å². The van der Waals surface area contributed by atoms with Crippen LogP contribution in [-0.2, 0) is 9.53 Å². The molecule has 1 fully saturated rings. The molecule has 6 heteroatoms. The van der Waals surface area contributed by atoms with Crippen molar-refractivity contribution in [3.8, 4) is 0 Å². The fraction of sp³-hybridized carbons (Fsp3) is 0.857. The van der Waals surface area contributed by atoms with Crippen molar-refractivity contribution < 1.29 is 14.3 Å². The minimum Gasteiger partial charge on any atom is -0.370 e. The van der Waals surface area contributed by atoms with Gasteiger partial charge in [-0.15, -0.1) is 0 Å². The molecule has 0 radical (unpaired) electrons. The number of nitrogens with zero attached hydrogens (tertiary/aromatic N) is 1. The molecule has 0 aromatic rings. The van der Waals surface area contributed by atoms with E-state index in [1.165, 1.54) is 0 Å². The van der Waals surface area contributed by atoms with Gasteiger partial charge in [0.1, 0.15) is 0 Å². The van der Waals surface area contributed by atoms with Gasteiger partial charge in [-0.1, -0.05) is 0 Å². The first-order valence-electron chi connectivity index (χ1n) is 7.14. The zero-order valence-electron chi connectivity index (χ0n) is 13.3. The van der Waals surface area contributed by atoms with Crippen LogP contribution < -0.4 is 10.6 Å². The SMILES string of the molecule is CC(C)NC(=O)NC(=O)C(C)N1CC(C)OC(C)(C)C1. The third-order valence-corrected chi connectivity index (χ3v) is 3.18. The Balaban J connectivity index is 2.58. The second kappa shape index (κ2) is 6.54. The maximum Gasteiger partial charge on any atom is 0.321 e. The van der Waals surface area contributed by atoms with Crippen LogP contribution in [0, 0.1) is 0 Å². The molecule has 1 heterocycles. The second-order valence-electron chi connectivity index (χ2n) is 6.41. The normalized spacial score (nSPS) is 24.2. The average molecular weight is 285 g/mol. The van der Waals surface area contributed by atoms with Crippen LogP contribution in [0.3, 0.4) is 0 Å². The van der Waals surface area contributed by atoms with Crippen LogP contribution in [0.2, 0.25) is 0 Å². The van der Waals surface area contributed by atoms with Gasteiger partial charge in [-0.25, -0.2) is 4.79 Å². The van der Waals surface area contributed by atoms with Crippen molar-refractivity contribution in [2.75, 3.05) is 13.1 Å². The number of imide groups is 1. The smallest absolute Gasteiger partial charge is 0.321 e. The van der Waals surface area contributed by atoms with E-state index >= 15 is 0 Å². The van der Waals surface area contributed by atoms with Crippen LogP contribution in [0.15, 0.2) is 0 Å². The number of urea groups is 1. The van der Waals surface area contributed by atoms with Gasteiger partial charge >= 0.3 is 6.03 Å². The lowest BCUT2D eigenvalue weighted by molar-refractivity contribution is -0.147. The van der Waals surface area contributed by atoms with Crippen molar-refractivity contribution in [1.29, 1.82) is 0 Å². The lowest BCUT2D eigenvalue weighted by Gasteiger charge is -2.43. The maximum atomic E-state index is 12.1. The summed E-state index contributed by atoms with van der Waals surface area (Å²) in [6, 6.07) is -0.809. The van der Waals surface area contributed by atoms with Gasteiger partial charge in [0.25, 0.3) is 0 Å². The van der Waals surface area contributed by atoms with Gasteiger partial charge in [-0.3, -0.25) is 15.0 Å². The molecule has 1 aliphatic rings. The Hall–Kier alpha value is -1.14. The largest absolute Gasteiger partial charge is 0.370 e. The Bertz CT molecular complexity index is 369. The van der Waals surface area contributed by atoms with Crippen molar-refractivity contribution in [1.82, 2.24) is 15.5 Å². The number of nitrogens with one attached hydrogen (secondary N) is 2. The van der Waals surface area contributed by atoms with Crippen LogP contribution in [0.25, 0.3) is 0 Å². The summed E-state index contributed by atoms with van der Waals surface area (Å²) in [6.45, 7) is 12.9. The molecule has 3 amide bonds. The quantitative estimate of drug-likeness (QED) is 0.815. The molecular formula is C14H27N3O3. The molecular weight excluding hydrogens is 258 g/mol. The lowest BCUT2D eigenvalue weighted by atomic mass is 10.0. The number of amides is 3. The summed E-state index contributed by atoms with van der Waals surface area (Å²) in [4.78, 5) is 25.7. The molecule has 1 saturated heterocycles. The zero-order valence-corrected chi connectivity index (χ0v) is 13.3. The Morgan fingerprint density at radius 1 is 1.30 bits per heavy atom. The number of rotatable bonds is 3. The first-order valence-corrected chi connectivity index (χ1v) is 7.14. The summed E-state index contributed by atoms with van der Waals surface area (Å²) in [5.74, 6) is -0.284. The minimum absolute atomic E-state index is 0.000415. The van der Waals surface area contributed by atoms with Gasteiger partial charge in [0.15, 0.2) is 0 Å². The molecule has 0 saturated carbocycles. The molecule has 2 atom stereocenters. The number of hydrogen-bond acceptors (Lipinski definition) is 4. The van der Waals surface area contributed by atoms with Gasteiger partial charge in [-0.2, -0.15) is 0 Å². The number of carbonyl (C=O) groups excluding carboxylic acids is 2. The number of hydrogen-bond donors (Lipinski definition) is 2. The zero-order chi connectivity index (χ0) is 15.5. The van der Waals surface area contributed by atoms with Crippen LogP contribution in [0.5, 0.6) is 0 Å².